The van der Waals surface area contributed by atoms with Gasteiger partial charge in [-0.2, -0.15) is 0 Å². The number of carbonyl (C=O) groups is 2. The van der Waals surface area contributed by atoms with Crippen LogP contribution in [0.5, 0.6) is 5.75 Å². The summed E-state index contributed by atoms with van der Waals surface area (Å²) in [7, 11) is 1.51. The van der Waals surface area contributed by atoms with Crippen molar-refractivity contribution in [3.05, 3.63) is 94.8 Å². The fraction of sp³-hybridized carbons (Fsp3) is 0.281. The molecule has 1 N–H and O–H groups in total. The molecule has 6 rings (SSSR count). The summed E-state index contributed by atoms with van der Waals surface area (Å²) >= 11 is 0. The van der Waals surface area contributed by atoms with Crippen LogP contribution in [0.15, 0.2) is 88.1 Å². The zero-order valence-corrected chi connectivity index (χ0v) is 23.6. The van der Waals surface area contributed by atoms with Gasteiger partial charge >= 0.3 is 17.9 Å². The van der Waals surface area contributed by atoms with Gasteiger partial charge in [0.25, 0.3) is 0 Å². The number of benzene rings is 3. The lowest BCUT2D eigenvalue weighted by molar-refractivity contribution is -0.282. The van der Waals surface area contributed by atoms with Crippen molar-refractivity contribution >= 4 is 28.9 Å². The average molecular weight is 588 g/mol. The first kappa shape index (κ1) is 28.3. The first-order chi connectivity index (χ1) is 20.7. The van der Waals surface area contributed by atoms with Crippen molar-refractivity contribution in [2.45, 2.75) is 50.7 Å². The van der Waals surface area contributed by atoms with Crippen LogP contribution in [0.4, 0.5) is 15.3 Å². The monoisotopic (exact) mass is 587 g/mol. The largest absolute Gasteiger partial charge is 0.509 e. The van der Waals surface area contributed by atoms with Crippen molar-refractivity contribution in [1.29, 1.82) is 0 Å². The topological polar surface area (TPSA) is 132 Å². The summed E-state index contributed by atoms with van der Waals surface area (Å²) in [4.78, 5) is 37.6. The predicted octanol–water partition coefficient (Wildman–Crippen LogP) is 5.64. The fourth-order valence-electron chi connectivity index (χ4n) is 5.39. The summed E-state index contributed by atoms with van der Waals surface area (Å²) in [5.74, 6) is 0.309. The molecule has 2 saturated heterocycles. The Labute approximate surface area is 246 Å². The van der Waals surface area contributed by atoms with Crippen LogP contribution in [-0.4, -0.2) is 49.6 Å². The zero-order chi connectivity index (χ0) is 30.1. The number of methoxy groups -OCH3 is 1. The second-order valence-corrected chi connectivity index (χ2v) is 10.6. The Kier molecular flexibility index (Phi) is 7.51. The molecule has 0 radical (unpaired) electrons. The van der Waals surface area contributed by atoms with Gasteiger partial charge in [0.2, 0.25) is 12.4 Å². The van der Waals surface area contributed by atoms with Crippen molar-refractivity contribution in [2.24, 2.45) is 0 Å². The number of amides is 1. The van der Waals surface area contributed by atoms with Gasteiger partial charge < -0.3 is 32.8 Å². The molecule has 4 aromatic rings. The molecule has 1 aromatic heterocycles. The van der Waals surface area contributed by atoms with Crippen LogP contribution in [0.3, 0.4) is 0 Å². The van der Waals surface area contributed by atoms with Gasteiger partial charge in [0, 0.05) is 12.5 Å². The third-order valence-corrected chi connectivity index (χ3v) is 7.33. The smallest absolute Gasteiger partial charge is 0.460 e. The van der Waals surface area contributed by atoms with Gasteiger partial charge in [-0.25, -0.2) is 14.4 Å². The fourth-order valence-corrected chi connectivity index (χ4v) is 5.39. The molecule has 11 heteroatoms. The SMILES string of the molecule is CO[C@@H]1[C@@H]2OC(=O)O[C@@H]2[C@H](Oc2ccc3cc(NC(=O)OCc4ccccc4)c(=O)oc3c2-c2ccccc2)OC1(C)C. The van der Waals surface area contributed by atoms with Crippen molar-refractivity contribution in [3.8, 4) is 16.9 Å². The Bertz CT molecular complexity index is 1700. The number of anilines is 1. The second kappa shape index (κ2) is 11.4. The molecule has 0 saturated carbocycles. The van der Waals surface area contributed by atoms with E-state index in [1.54, 1.807) is 26.0 Å². The molecule has 222 valence electrons. The quantitative estimate of drug-likeness (QED) is 0.214. The van der Waals surface area contributed by atoms with Gasteiger partial charge in [-0.15, -0.1) is 0 Å². The molecule has 3 aromatic carbocycles. The van der Waals surface area contributed by atoms with Crippen molar-refractivity contribution in [1.82, 2.24) is 0 Å². The lowest BCUT2D eigenvalue weighted by atomic mass is 9.89. The first-order valence-electron chi connectivity index (χ1n) is 13.6. The highest BCUT2D eigenvalue weighted by Gasteiger charge is 2.59. The van der Waals surface area contributed by atoms with E-state index in [0.717, 1.165) is 5.56 Å². The van der Waals surface area contributed by atoms with E-state index in [0.29, 0.717) is 22.3 Å². The van der Waals surface area contributed by atoms with Gasteiger partial charge in [-0.1, -0.05) is 60.7 Å². The van der Waals surface area contributed by atoms with Gasteiger partial charge in [0.05, 0.1) is 11.2 Å². The molecule has 3 heterocycles. The highest BCUT2D eigenvalue weighted by Crippen LogP contribution is 2.42. The molecule has 1 amide bonds. The number of ether oxygens (including phenoxy) is 6. The van der Waals surface area contributed by atoms with E-state index in [1.165, 1.54) is 13.2 Å². The maximum atomic E-state index is 13.1. The Morgan fingerprint density at radius 2 is 1.63 bits per heavy atom. The Morgan fingerprint density at radius 1 is 0.930 bits per heavy atom. The molecular weight excluding hydrogens is 558 g/mol. The molecular formula is C32H29NO10. The molecule has 11 nitrogen and oxygen atoms in total. The maximum absolute atomic E-state index is 13.1. The minimum Gasteiger partial charge on any atom is -0.460 e. The molecule has 0 aliphatic carbocycles. The summed E-state index contributed by atoms with van der Waals surface area (Å²) in [6.07, 6.45) is -4.98. The van der Waals surface area contributed by atoms with Gasteiger partial charge in [-0.3, -0.25) is 5.32 Å². The first-order valence-corrected chi connectivity index (χ1v) is 13.6. The predicted molar refractivity (Wildman–Crippen MR) is 154 cm³/mol. The standard InChI is InChI=1S/C32H29NO10/c1-32(2)27(37-3)25-26(42-31(36)41-25)29(43-32)39-22-15-14-20-16-21(33-30(35)38-17-18-10-6-4-7-11-18)28(34)40-24(20)23(22)19-12-8-5-9-13-19/h4-16,25-27,29H,17H2,1-3H3,(H,33,35)/t25-,26+,27-,29-/m1/s1. The number of nitrogens with one attached hydrogen (secondary N) is 1. The number of fused-ring (bicyclic) bond motifs is 2. The molecule has 0 spiro atoms. The Hall–Kier alpha value is -4.87. The lowest BCUT2D eigenvalue weighted by Gasteiger charge is -2.45. The van der Waals surface area contributed by atoms with E-state index in [9.17, 15) is 14.4 Å². The number of carbonyl (C=O) groups excluding carboxylic acids is 2. The summed E-state index contributed by atoms with van der Waals surface area (Å²) in [5.41, 5.74) is 0.407. The molecule has 43 heavy (non-hydrogen) atoms. The van der Waals surface area contributed by atoms with Gasteiger partial charge in [0.1, 0.15) is 29.7 Å². The highest BCUT2D eigenvalue weighted by atomic mass is 16.8. The second-order valence-electron chi connectivity index (χ2n) is 10.6. The summed E-state index contributed by atoms with van der Waals surface area (Å²) in [5, 5.41) is 2.98. The van der Waals surface area contributed by atoms with Crippen molar-refractivity contribution in [3.63, 3.8) is 0 Å². The van der Waals surface area contributed by atoms with Crippen LogP contribution in [0.2, 0.25) is 0 Å². The van der Waals surface area contributed by atoms with E-state index in [1.807, 2.05) is 60.7 Å². The third-order valence-electron chi connectivity index (χ3n) is 7.33. The van der Waals surface area contributed by atoms with Crippen LogP contribution >= 0.6 is 0 Å². The maximum Gasteiger partial charge on any atom is 0.509 e. The number of rotatable bonds is 7. The van der Waals surface area contributed by atoms with Crippen LogP contribution in [0.25, 0.3) is 22.1 Å². The van der Waals surface area contributed by atoms with Gasteiger partial charge in [0.15, 0.2) is 6.10 Å². The lowest BCUT2D eigenvalue weighted by Crippen LogP contribution is -2.62. The van der Waals surface area contributed by atoms with Crippen molar-refractivity contribution in [2.75, 3.05) is 12.4 Å². The normalized spacial score (nSPS) is 22.3. The molecule has 2 aliphatic rings. The summed E-state index contributed by atoms with van der Waals surface area (Å²) in [6, 6.07) is 23.2. The zero-order valence-electron chi connectivity index (χ0n) is 23.6. The van der Waals surface area contributed by atoms with E-state index in [4.69, 9.17) is 32.8 Å². The minimum atomic E-state index is -1.06. The van der Waals surface area contributed by atoms with E-state index >= 15 is 0 Å². The molecule has 0 unspecified atom stereocenters. The molecule has 4 atom stereocenters. The van der Waals surface area contributed by atoms with Crippen LogP contribution < -0.4 is 15.7 Å². The Balaban J connectivity index is 1.33. The van der Waals surface area contributed by atoms with E-state index in [2.05, 4.69) is 5.32 Å². The van der Waals surface area contributed by atoms with Gasteiger partial charge in [-0.05, 0) is 43.2 Å². The number of hydrogen-bond donors (Lipinski definition) is 1. The van der Waals surface area contributed by atoms with Crippen LogP contribution in [-0.2, 0) is 30.3 Å². The van der Waals surface area contributed by atoms with E-state index in [-0.39, 0.29) is 17.9 Å². The number of hydrogen-bond acceptors (Lipinski definition) is 10. The average Bonchev–Trinajstić information content (AvgIpc) is 3.38. The molecule has 2 aliphatic heterocycles. The van der Waals surface area contributed by atoms with Crippen LogP contribution in [0.1, 0.15) is 19.4 Å². The molecule has 2 fully saturated rings. The van der Waals surface area contributed by atoms with E-state index < -0.39 is 48.1 Å². The summed E-state index contributed by atoms with van der Waals surface area (Å²) in [6.45, 7) is 3.64. The highest BCUT2D eigenvalue weighted by molar-refractivity contribution is 5.97. The third kappa shape index (κ3) is 5.64. The van der Waals surface area contributed by atoms with Crippen molar-refractivity contribution < 1.29 is 42.4 Å². The van der Waals surface area contributed by atoms with Crippen LogP contribution in [0, 0.1) is 0 Å². The summed E-state index contributed by atoms with van der Waals surface area (Å²) < 4.78 is 40.0. The minimum absolute atomic E-state index is 0.0395. The Morgan fingerprint density at radius 3 is 2.35 bits per heavy atom. The molecule has 0 bridgehead atoms.